The Bertz CT molecular complexity index is 1420. The normalized spacial score (nSPS) is 10.5. The van der Waals surface area contributed by atoms with E-state index in [0.29, 0.717) is 37.1 Å². The molecule has 0 amide bonds. The smallest absolute Gasteiger partial charge is 0.302 e. The number of rotatable bonds is 8. The van der Waals surface area contributed by atoms with E-state index in [1.807, 2.05) is 36.4 Å². The van der Waals surface area contributed by atoms with Gasteiger partial charge in [-0.05, 0) is 36.2 Å². The van der Waals surface area contributed by atoms with E-state index in [9.17, 15) is 4.79 Å². The van der Waals surface area contributed by atoms with Crippen molar-refractivity contribution in [3.63, 3.8) is 0 Å². The van der Waals surface area contributed by atoms with Gasteiger partial charge in [0.15, 0.2) is 0 Å². The third-order valence-corrected chi connectivity index (χ3v) is 5.23. The number of benzene rings is 2. The highest BCUT2D eigenvalue weighted by molar-refractivity contribution is 5.79. The average Bonchev–Trinajstić information content (AvgIpc) is 3.60. The molecule has 0 fully saturated rings. The number of aromatic nitrogens is 6. The number of fused-ring (bicyclic) bond motifs is 1. The molecule has 0 saturated heterocycles. The average molecular weight is 501 g/mol. The van der Waals surface area contributed by atoms with Crippen LogP contribution in [0, 0.1) is 0 Å². The monoisotopic (exact) mass is 500 g/mol. The topological polar surface area (TPSA) is 106 Å². The van der Waals surface area contributed by atoms with E-state index in [0.717, 1.165) is 16.8 Å². The number of carbonyl (C=O) groups is 1. The van der Waals surface area contributed by atoms with E-state index in [1.54, 1.807) is 42.0 Å². The Morgan fingerprint density at radius 3 is 2.32 bits per heavy atom. The standard InChI is InChI=1S/C23H20N6O2.C4H8O2/c1-30-22-21-20(26-23(27-22)29-13-5-12-24-29)16-25-28(21)14-15-31-19-10-8-18(9-11-19)17-6-3-2-4-7-17;1-3-6-4(2)5/h2-13,16H,14-15H2,1H3;3H2,1-2H3. The lowest BCUT2D eigenvalue weighted by Gasteiger charge is -2.10. The summed E-state index contributed by atoms with van der Waals surface area (Å²) in [6.45, 7) is 4.64. The minimum Gasteiger partial charge on any atom is -0.492 e. The number of methoxy groups -OCH3 is 1. The van der Waals surface area contributed by atoms with E-state index in [-0.39, 0.29) is 5.97 Å². The molecular weight excluding hydrogens is 472 g/mol. The van der Waals surface area contributed by atoms with Crippen LogP contribution in [-0.4, -0.2) is 55.8 Å². The molecule has 0 atom stereocenters. The van der Waals surface area contributed by atoms with Crippen LogP contribution in [0.2, 0.25) is 0 Å². The van der Waals surface area contributed by atoms with Gasteiger partial charge >= 0.3 is 5.97 Å². The maximum atomic E-state index is 9.82. The Morgan fingerprint density at radius 2 is 1.70 bits per heavy atom. The highest BCUT2D eigenvalue weighted by Gasteiger charge is 2.15. The second-order valence-corrected chi connectivity index (χ2v) is 7.75. The second kappa shape index (κ2) is 12.3. The van der Waals surface area contributed by atoms with Crippen LogP contribution in [0.25, 0.3) is 28.1 Å². The van der Waals surface area contributed by atoms with E-state index < -0.39 is 0 Å². The summed E-state index contributed by atoms with van der Waals surface area (Å²) >= 11 is 0. The Morgan fingerprint density at radius 1 is 0.946 bits per heavy atom. The fourth-order valence-corrected chi connectivity index (χ4v) is 3.58. The molecule has 0 saturated carbocycles. The zero-order valence-corrected chi connectivity index (χ0v) is 20.9. The van der Waals surface area contributed by atoms with Crippen LogP contribution in [0.3, 0.4) is 0 Å². The molecule has 2 aromatic carbocycles. The molecule has 0 spiro atoms. The molecular formula is C27H28N6O4. The molecule has 0 aliphatic carbocycles. The van der Waals surface area contributed by atoms with Crippen molar-refractivity contribution in [3.8, 4) is 28.7 Å². The molecule has 0 N–H and O–H groups in total. The summed E-state index contributed by atoms with van der Waals surface area (Å²) in [5.74, 6) is 1.47. The van der Waals surface area contributed by atoms with Gasteiger partial charge in [-0.2, -0.15) is 15.2 Å². The van der Waals surface area contributed by atoms with Gasteiger partial charge in [0, 0.05) is 19.3 Å². The van der Waals surface area contributed by atoms with Crippen molar-refractivity contribution < 1.29 is 19.0 Å². The first-order valence-corrected chi connectivity index (χ1v) is 11.8. The van der Waals surface area contributed by atoms with Gasteiger partial charge < -0.3 is 14.2 Å². The number of ether oxygens (including phenoxy) is 3. The third kappa shape index (κ3) is 6.49. The predicted octanol–water partition coefficient (Wildman–Crippen LogP) is 4.34. The molecule has 190 valence electrons. The first-order chi connectivity index (χ1) is 18.1. The van der Waals surface area contributed by atoms with Gasteiger partial charge in [-0.25, -0.2) is 9.67 Å². The lowest BCUT2D eigenvalue weighted by molar-refractivity contribution is -0.140. The zero-order chi connectivity index (χ0) is 26.0. The molecule has 10 nitrogen and oxygen atoms in total. The van der Waals surface area contributed by atoms with E-state index in [4.69, 9.17) is 9.47 Å². The van der Waals surface area contributed by atoms with Crippen LogP contribution >= 0.6 is 0 Å². The number of hydrogen-bond donors (Lipinski definition) is 0. The molecule has 10 heteroatoms. The fraction of sp³-hybridized carbons (Fsp3) is 0.222. The predicted molar refractivity (Wildman–Crippen MR) is 139 cm³/mol. The SMILES string of the molecule is CCOC(C)=O.COc1nc(-n2cccn2)nc2cnn(CCOc3ccc(-c4ccccc4)cc3)c12. The van der Waals surface area contributed by atoms with Gasteiger partial charge in [-0.3, -0.25) is 9.48 Å². The van der Waals surface area contributed by atoms with E-state index >= 15 is 0 Å². The van der Waals surface area contributed by atoms with Crippen LogP contribution < -0.4 is 9.47 Å². The highest BCUT2D eigenvalue weighted by atomic mass is 16.5. The summed E-state index contributed by atoms with van der Waals surface area (Å²) in [6.07, 6.45) is 5.15. The van der Waals surface area contributed by atoms with Crippen molar-refractivity contribution in [2.75, 3.05) is 20.3 Å². The van der Waals surface area contributed by atoms with E-state index in [1.165, 1.54) is 12.5 Å². The van der Waals surface area contributed by atoms with Gasteiger partial charge in [0.25, 0.3) is 5.95 Å². The third-order valence-electron chi connectivity index (χ3n) is 5.23. The molecule has 0 unspecified atom stereocenters. The zero-order valence-electron chi connectivity index (χ0n) is 20.9. The first-order valence-electron chi connectivity index (χ1n) is 11.8. The van der Waals surface area contributed by atoms with Crippen LogP contribution in [0.1, 0.15) is 13.8 Å². The molecule has 37 heavy (non-hydrogen) atoms. The Kier molecular flexibility index (Phi) is 8.43. The summed E-state index contributed by atoms with van der Waals surface area (Å²) in [7, 11) is 1.58. The summed E-state index contributed by atoms with van der Waals surface area (Å²) in [5.41, 5.74) is 3.74. The van der Waals surface area contributed by atoms with Crippen molar-refractivity contribution in [3.05, 3.63) is 79.3 Å². The lowest BCUT2D eigenvalue weighted by Crippen LogP contribution is -2.11. The van der Waals surface area contributed by atoms with Gasteiger partial charge in [-0.1, -0.05) is 42.5 Å². The first kappa shape index (κ1) is 25.4. The van der Waals surface area contributed by atoms with Crippen molar-refractivity contribution in [1.29, 1.82) is 0 Å². The van der Waals surface area contributed by atoms with Crippen LogP contribution in [0.4, 0.5) is 0 Å². The van der Waals surface area contributed by atoms with Gasteiger partial charge in [0.2, 0.25) is 5.88 Å². The van der Waals surface area contributed by atoms with Gasteiger partial charge in [-0.15, -0.1) is 0 Å². The molecule has 3 heterocycles. The molecule has 5 aromatic rings. The Labute approximate surface area is 214 Å². The van der Waals surface area contributed by atoms with Crippen molar-refractivity contribution in [2.45, 2.75) is 20.4 Å². The number of nitrogens with zero attached hydrogens (tertiary/aromatic N) is 6. The maximum Gasteiger partial charge on any atom is 0.302 e. The number of carbonyl (C=O) groups excluding carboxylic acids is 1. The van der Waals surface area contributed by atoms with Gasteiger partial charge in [0.05, 0.1) is 26.5 Å². The fourth-order valence-electron chi connectivity index (χ4n) is 3.58. The molecule has 0 aliphatic rings. The lowest BCUT2D eigenvalue weighted by atomic mass is 10.1. The Hall–Kier alpha value is -4.73. The quantitative estimate of drug-likeness (QED) is 0.290. The van der Waals surface area contributed by atoms with Crippen molar-refractivity contribution >= 4 is 17.0 Å². The number of hydrogen-bond acceptors (Lipinski definition) is 8. The minimum atomic E-state index is -0.211. The van der Waals surface area contributed by atoms with Crippen LogP contribution in [0.15, 0.2) is 79.3 Å². The summed E-state index contributed by atoms with van der Waals surface area (Å²) in [4.78, 5) is 18.8. The Balaban J connectivity index is 0.000000480. The molecule has 0 aliphatic heterocycles. The summed E-state index contributed by atoms with van der Waals surface area (Å²) in [5, 5.41) is 8.61. The largest absolute Gasteiger partial charge is 0.492 e. The minimum absolute atomic E-state index is 0.211. The number of esters is 1. The van der Waals surface area contributed by atoms with Crippen molar-refractivity contribution in [1.82, 2.24) is 29.5 Å². The van der Waals surface area contributed by atoms with Crippen LogP contribution in [0.5, 0.6) is 11.6 Å². The summed E-state index contributed by atoms with van der Waals surface area (Å²) < 4.78 is 19.2. The van der Waals surface area contributed by atoms with E-state index in [2.05, 4.69) is 49.2 Å². The van der Waals surface area contributed by atoms with Crippen molar-refractivity contribution in [2.24, 2.45) is 0 Å². The molecule has 3 aromatic heterocycles. The summed E-state index contributed by atoms with van der Waals surface area (Å²) in [6, 6.07) is 20.1. The maximum absolute atomic E-state index is 9.82. The molecule has 0 radical (unpaired) electrons. The van der Waals surface area contributed by atoms with Crippen LogP contribution in [-0.2, 0) is 16.1 Å². The second-order valence-electron chi connectivity index (χ2n) is 7.75. The molecule has 5 rings (SSSR count). The molecule has 0 bridgehead atoms. The van der Waals surface area contributed by atoms with Gasteiger partial charge in [0.1, 0.15) is 23.4 Å². The highest BCUT2D eigenvalue weighted by Crippen LogP contribution is 2.24.